The van der Waals surface area contributed by atoms with Crippen LogP contribution in [-0.4, -0.2) is 0 Å². The van der Waals surface area contributed by atoms with Gasteiger partial charge in [-0.3, -0.25) is 0 Å². The molecule has 0 aromatic heterocycles. The molecule has 24 heavy (non-hydrogen) atoms. The molecule has 0 aliphatic heterocycles. The predicted octanol–water partition coefficient (Wildman–Crippen LogP) is 0.239. The van der Waals surface area contributed by atoms with Gasteiger partial charge in [-0.2, -0.15) is 0 Å². The minimum absolute atomic E-state index is 0. The third-order valence-corrected chi connectivity index (χ3v) is 9.01. The van der Waals surface area contributed by atoms with Crippen molar-refractivity contribution in [1.29, 1.82) is 0 Å². The van der Waals surface area contributed by atoms with Crippen LogP contribution in [-0.2, 0) is 24.4 Å². The second-order valence-electron chi connectivity index (χ2n) is 7.41. The van der Waals surface area contributed by atoms with Crippen molar-refractivity contribution in [3.8, 4) is 0 Å². The Morgan fingerprint density at radius 2 is 1.50 bits per heavy atom. The zero-order valence-corrected chi connectivity index (χ0v) is 20.7. The third-order valence-electron chi connectivity index (χ3n) is 6.11. The molecule has 127 valence electrons. The molecule has 1 atom stereocenters. The molecule has 0 radical (unpaired) electrons. The summed E-state index contributed by atoms with van der Waals surface area (Å²) < 4.78 is 1.66. The SMILES string of the molecule is CC1=C(C)C(C)(C)C(c2cccc3c2C(C)=[C]([Hf+2])C3C)=C1C.[Cl-].[Cl-]. The number of hydrogen-bond donors (Lipinski definition) is 0. The summed E-state index contributed by atoms with van der Waals surface area (Å²) in [7, 11) is 0. The van der Waals surface area contributed by atoms with Crippen LogP contribution in [0.3, 0.4) is 0 Å². The van der Waals surface area contributed by atoms with Crippen LogP contribution in [0.4, 0.5) is 0 Å². The quantitative estimate of drug-likeness (QED) is 0.460. The van der Waals surface area contributed by atoms with Gasteiger partial charge in [0.1, 0.15) is 0 Å². The fourth-order valence-electron chi connectivity index (χ4n) is 4.31. The van der Waals surface area contributed by atoms with E-state index < -0.39 is 0 Å². The molecule has 0 spiro atoms. The Balaban J connectivity index is 0.00000144. The summed E-state index contributed by atoms with van der Waals surface area (Å²) in [6, 6.07) is 6.95. The van der Waals surface area contributed by atoms with Crippen molar-refractivity contribution in [2.75, 3.05) is 0 Å². The summed E-state index contributed by atoms with van der Waals surface area (Å²) in [5.74, 6) is 0.613. The number of benzene rings is 1. The first-order chi connectivity index (χ1) is 10.2. The average molecular weight is 527 g/mol. The van der Waals surface area contributed by atoms with Gasteiger partial charge in [0, 0.05) is 0 Å². The van der Waals surface area contributed by atoms with Gasteiger partial charge < -0.3 is 24.8 Å². The Morgan fingerprint density at radius 1 is 0.917 bits per heavy atom. The van der Waals surface area contributed by atoms with Crippen LogP contribution >= 0.6 is 0 Å². The molecule has 0 heterocycles. The van der Waals surface area contributed by atoms with Gasteiger partial charge in [0.15, 0.2) is 0 Å². The summed E-state index contributed by atoms with van der Waals surface area (Å²) in [5.41, 5.74) is 12.3. The van der Waals surface area contributed by atoms with Gasteiger partial charge in [-0.15, -0.1) is 0 Å². The first kappa shape index (κ1) is 21.9. The molecule has 0 N–H and O–H groups in total. The van der Waals surface area contributed by atoms with Crippen LogP contribution < -0.4 is 24.8 Å². The van der Waals surface area contributed by atoms with Gasteiger partial charge in [-0.1, -0.05) is 0 Å². The Bertz CT molecular complexity index is 779. The number of allylic oxidation sites excluding steroid dienone is 6. The zero-order chi connectivity index (χ0) is 16.4. The van der Waals surface area contributed by atoms with Crippen molar-refractivity contribution in [3.05, 3.63) is 54.9 Å². The molecule has 0 amide bonds. The Hall–Kier alpha value is -0.110. The van der Waals surface area contributed by atoms with E-state index in [-0.39, 0.29) is 30.2 Å². The van der Waals surface area contributed by atoms with E-state index in [9.17, 15) is 0 Å². The predicted molar refractivity (Wildman–Crippen MR) is 92.2 cm³/mol. The molecule has 0 saturated heterocycles. The summed E-state index contributed by atoms with van der Waals surface area (Å²) in [6.45, 7) is 16.4. The fraction of sp³-hybridized carbons (Fsp3) is 0.429. The van der Waals surface area contributed by atoms with Gasteiger partial charge in [-0.25, -0.2) is 0 Å². The largest absolute Gasteiger partial charge is 1.00 e. The number of rotatable bonds is 1. The van der Waals surface area contributed by atoms with Crippen LogP contribution in [0.5, 0.6) is 0 Å². The zero-order valence-electron chi connectivity index (χ0n) is 15.6. The van der Waals surface area contributed by atoms with E-state index in [4.69, 9.17) is 0 Å². The fourth-order valence-corrected chi connectivity index (χ4v) is 5.31. The molecule has 0 fully saturated rings. The van der Waals surface area contributed by atoms with Crippen LogP contribution in [0.1, 0.15) is 71.1 Å². The summed E-state index contributed by atoms with van der Waals surface area (Å²) in [6.07, 6.45) is 0. The van der Waals surface area contributed by atoms with E-state index in [1.54, 1.807) is 20.0 Å². The maximum Gasteiger partial charge on any atom is -1.00 e. The van der Waals surface area contributed by atoms with Gasteiger partial charge in [-0.05, 0) is 0 Å². The van der Waals surface area contributed by atoms with E-state index in [0.717, 1.165) is 24.4 Å². The van der Waals surface area contributed by atoms with Gasteiger partial charge in [0.05, 0.1) is 0 Å². The Labute approximate surface area is 174 Å². The van der Waals surface area contributed by atoms with Crippen LogP contribution in [0.2, 0.25) is 0 Å². The van der Waals surface area contributed by atoms with Crippen LogP contribution in [0.25, 0.3) is 11.1 Å². The van der Waals surface area contributed by atoms with Crippen LogP contribution in [0.15, 0.2) is 38.2 Å². The molecule has 1 aromatic carbocycles. The Kier molecular flexibility index (Phi) is 6.63. The minimum Gasteiger partial charge on any atom is -1.00 e. The summed E-state index contributed by atoms with van der Waals surface area (Å²) in [4.78, 5) is 0. The van der Waals surface area contributed by atoms with E-state index in [2.05, 4.69) is 66.7 Å². The molecule has 2 aliphatic carbocycles. The monoisotopic (exact) mass is 527 g/mol. The normalized spacial score (nSPS) is 21.8. The second kappa shape index (κ2) is 7.25. The van der Waals surface area contributed by atoms with Crippen molar-refractivity contribution in [2.45, 2.75) is 54.4 Å². The van der Waals surface area contributed by atoms with Crippen molar-refractivity contribution >= 4 is 11.1 Å². The molecular formula is C21H25Cl2Hf. The van der Waals surface area contributed by atoms with Gasteiger partial charge >= 0.3 is 150 Å². The molecule has 0 nitrogen and oxygen atoms in total. The van der Waals surface area contributed by atoms with Gasteiger partial charge in [0.2, 0.25) is 0 Å². The number of fused-ring (bicyclic) bond motifs is 1. The molecule has 3 rings (SSSR count). The molecule has 1 unspecified atom stereocenters. The molecule has 3 heteroatoms. The molecule has 1 aromatic rings. The van der Waals surface area contributed by atoms with Crippen molar-refractivity contribution in [1.82, 2.24) is 0 Å². The topological polar surface area (TPSA) is 0 Å². The smallest absolute Gasteiger partial charge is 1.00 e. The maximum atomic E-state index is 2.39. The average Bonchev–Trinajstić information content (AvgIpc) is 2.79. The standard InChI is InChI=1S/C21H25.2ClH.Hf/c1-12-11-13(2)19-17(12)9-8-10-18(19)20-15(4)14(3)16(5)21(20,6)7;;;/h8-10,12H,1-7H3;2*1H;/q;;;+2/p-2. The third kappa shape index (κ3) is 2.85. The molecule has 0 bridgehead atoms. The van der Waals surface area contributed by atoms with Crippen LogP contribution in [0, 0.1) is 5.41 Å². The Morgan fingerprint density at radius 3 is 2.00 bits per heavy atom. The van der Waals surface area contributed by atoms with Crippen molar-refractivity contribution in [3.63, 3.8) is 0 Å². The first-order valence-electron chi connectivity index (χ1n) is 8.15. The van der Waals surface area contributed by atoms with E-state index in [1.807, 2.05) is 0 Å². The molecule has 0 saturated carbocycles. The number of halogens is 2. The van der Waals surface area contributed by atoms with E-state index in [1.165, 1.54) is 27.8 Å². The van der Waals surface area contributed by atoms with Gasteiger partial charge in [0.25, 0.3) is 0 Å². The van der Waals surface area contributed by atoms with Crippen molar-refractivity contribution < 1.29 is 49.2 Å². The number of hydrogen-bond acceptors (Lipinski definition) is 0. The van der Waals surface area contributed by atoms with Crippen molar-refractivity contribution in [2.24, 2.45) is 5.41 Å². The summed E-state index contributed by atoms with van der Waals surface area (Å²) >= 11 is 1.16. The maximum absolute atomic E-state index is 2.39. The van der Waals surface area contributed by atoms with E-state index >= 15 is 0 Å². The summed E-state index contributed by atoms with van der Waals surface area (Å²) in [5, 5.41) is 0. The van der Waals surface area contributed by atoms with E-state index in [0.29, 0.717) is 5.92 Å². The minimum atomic E-state index is 0. The first-order valence-corrected chi connectivity index (χ1v) is 9.95. The second-order valence-corrected chi connectivity index (χ2v) is 9.34. The molecule has 2 aliphatic rings. The molecular weight excluding hydrogens is 502 g/mol.